The van der Waals surface area contributed by atoms with Crippen LogP contribution < -0.4 is 15.4 Å². The number of methoxy groups -OCH3 is 1. The van der Waals surface area contributed by atoms with Gasteiger partial charge in [0.2, 0.25) is 5.89 Å². The van der Waals surface area contributed by atoms with Crippen molar-refractivity contribution in [2.45, 2.75) is 19.9 Å². The van der Waals surface area contributed by atoms with E-state index in [4.69, 9.17) is 9.26 Å². The minimum atomic E-state index is 0.440. The molecule has 2 aromatic rings. The predicted molar refractivity (Wildman–Crippen MR) is 83.9 cm³/mol. The Hall–Kier alpha value is -2.57. The fourth-order valence-corrected chi connectivity index (χ4v) is 2.02. The average Bonchev–Trinajstić information content (AvgIpc) is 2.96. The number of nitrogens with zero attached hydrogens (tertiary/aromatic N) is 3. The molecule has 22 heavy (non-hydrogen) atoms. The van der Waals surface area contributed by atoms with E-state index >= 15 is 0 Å². The second kappa shape index (κ2) is 8.02. The summed E-state index contributed by atoms with van der Waals surface area (Å²) in [4.78, 5) is 8.28. The minimum Gasteiger partial charge on any atom is -0.496 e. The van der Waals surface area contributed by atoms with Crippen LogP contribution >= 0.6 is 0 Å². The second-order valence-electron chi connectivity index (χ2n) is 4.65. The first-order valence-electron chi connectivity index (χ1n) is 7.08. The topological polar surface area (TPSA) is 84.6 Å². The molecule has 2 N–H and O–H groups in total. The first-order chi connectivity index (χ1) is 10.7. The number of hydrogen-bond acceptors (Lipinski definition) is 5. The summed E-state index contributed by atoms with van der Waals surface area (Å²) in [6, 6.07) is 7.98. The van der Waals surface area contributed by atoms with E-state index in [9.17, 15) is 0 Å². The van der Waals surface area contributed by atoms with Gasteiger partial charge in [0.1, 0.15) is 5.75 Å². The Morgan fingerprint density at radius 3 is 2.82 bits per heavy atom. The Morgan fingerprint density at radius 2 is 2.14 bits per heavy atom. The minimum absolute atomic E-state index is 0.440. The number of para-hydroxylation sites is 1. The maximum atomic E-state index is 5.34. The standard InChI is InChI=1S/C15H21N5O2/c1-11-19-14(22-20-11)10-18-15(16-2)17-9-8-12-6-4-5-7-13(12)21-3/h4-7H,8-10H2,1-3H3,(H2,16,17,18). The number of ether oxygens (including phenoxy) is 1. The van der Waals surface area contributed by atoms with Crippen LogP contribution in [0.2, 0.25) is 0 Å². The lowest BCUT2D eigenvalue weighted by atomic mass is 10.1. The molecule has 2 rings (SSSR count). The normalized spacial score (nSPS) is 11.3. The number of aryl methyl sites for hydroxylation is 1. The SMILES string of the molecule is CN=C(NCCc1ccccc1OC)NCc1nc(C)no1. The van der Waals surface area contributed by atoms with Gasteiger partial charge in [0.15, 0.2) is 11.8 Å². The van der Waals surface area contributed by atoms with E-state index in [2.05, 4.69) is 31.8 Å². The monoisotopic (exact) mass is 303 g/mol. The molecule has 0 fully saturated rings. The molecule has 0 aliphatic heterocycles. The molecule has 0 saturated carbocycles. The van der Waals surface area contributed by atoms with Crippen molar-refractivity contribution in [2.24, 2.45) is 4.99 Å². The van der Waals surface area contributed by atoms with Gasteiger partial charge in [-0.25, -0.2) is 0 Å². The zero-order valence-electron chi connectivity index (χ0n) is 13.1. The van der Waals surface area contributed by atoms with E-state index < -0.39 is 0 Å². The third-order valence-electron chi connectivity index (χ3n) is 3.08. The highest BCUT2D eigenvalue weighted by Crippen LogP contribution is 2.17. The van der Waals surface area contributed by atoms with Gasteiger partial charge in [0, 0.05) is 13.6 Å². The van der Waals surface area contributed by atoms with Crippen LogP contribution in [0, 0.1) is 6.92 Å². The number of aliphatic imine (C=N–C) groups is 1. The summed E-state index contributed by atoms with van der Waals surface area (Å²) < 4.78 is 10.4. The van der Waals surface area contributed by atoms with Crippen molar-refractivity contribution in [3.05, 3.63) is 41.5 Å². The van der Waals surface area contributed by atoms with E-state index in [0.717, 1.165) is 24.3 Å². The molecule has 0 radical (unpaired) electrons. The lowest BCUT2D eigenvalue weighted by Crippen LogP contribution is -2.37. The quantitative estimate of drug-likeness (QED) is 0.618. The summed E-state index contributed by atoms with van der Waals surface area (Å²) in [6.45, 7) is 2.96. The Morgan fingerprint density at radius 1 is 1.32 bits per heavy atom. The highest BCUT2D eigenvalue weighted by atomic mass is 16.5. The Balaban J connectivity index is 1.79. The van der Waals surface area contributed by atoms with Crippen molar-refractivity contribution < 1.29 is 9.26 Å². The van der Waals surface area contributed by atoms with E-state index in [1.165, 1.54) is 0 Å². The largest absolute Gasteiger partial charge is 0.496 e. The zero-order chi connectivity index (χ0) is 15.8. The van der Waals surface area contributed by atoms with Gasteiger partial charge in [0.25, 0.3) is 0 Å². The van der Waals surface area contributed by atoms with E-state index in [1.807, 2.05) is 18.2 Å². The third kappa shape index (κ3) is 4.47. The molecular weight excluding hydrogens is 282 g/mol. The molecule has 7 nitrogen and oxygen atoms in total. The number of hydrogen-bond donors (Lipinski definition) is 2. The first kappa shape index (κ1) is 15.8. The van der Waals surface area contributed by atoms with Crippen LogP contribution in [0.3, 0.4) is 0 Å². The van der Waals surface area contributed by atoms with Gasteiger partial charge in [-0.15, -0.1) is 0 Å². The lowest BCUT2D eigenvalue weighted by Gasteiger charge is -2.12. The maximum absolute atomic E-state index is 5.34. The molecule has 0 amide bonds. The molecule has 7 heteroatoms. The highest BCUT2D eigenvalue weighted by molar-refractivity contribution is 5.79. The molecule has 0 spiro atoms. The van der Waals surface area contributed by atoms with Crippen molar-refractivity contribution in [3.63, 3.8) is 0 Å². The maximum Gasteiger partial charge on any atom is 0.246 e. The Kier molecular flexibility index (Phi) is 5.76. The average molecular weight is 303 g/mol. The molecule has 0 aliphatic rings. The molecule has 118 valence electrons. The van der Waals surface area contributed by atoms with Crippen molar-refractivity contribution in [3.8, 4) is 5.75 Å². The summed E-state index contributed by atoms with van der Waals surface area (Å²) >= 11 is 0. The Bertz CT molecular complexity index is 624. The predicted octanol–water partition coefficient (Wildman–Crippen LogP) is 1.29. The number of rotatable bonds is 6. The number of nitrogens with one attached hydrogen (secondary N) is 2. The summed E-state index contributed by atoms with van der Waals surface area (Å²) in [5.41, 5.74) is 1.15. The molecule has 0 atom stereocenters. The van der Waals surface area contributed by atoms with Crippen LogP contribution in [-0.2, 0) is 13.0 Å². The second-order valence-corrected chi connectivity index (χ2v) is 4.65. The smallest absolute Gasteiger partial charge is 0.246 e. The van der Waals surface area contributed by atoms with E-state index in [-0.39, 0.29) is 0 Å². The molecular formula is C15H21N5O2. The van der Waals surface area contributed by atoms with Crippen molar-refractivity contribution in [2.75, 3.05) is 20.7 Å². The van der Waals surface area contributed by atoms with Crippen LogP contribution in [0.4, 0.5) is 0 Å². The Labute approximate surface area is 129 Å². The lowest BCUT2D eigenvalue weighted by molar-refractivity contribution is 0.371. The fraction of sp³-hybridized carbons (Fsp3) is 0.400. The third-order valence-corrected chi connectivity index (χ3v) is 3.08. The molecule has 0 saturated heterocycles. The summed E-state index contributed by atoms with van der Waals surface area (Å²) in [6.07, 6.45) is 0.838. The van der Waals surface area contributed by atoms with Crippen molar-refractivity contribution >= 4 is 5.96 Å². The molecule has 1 heterocycles. The van der Waals surface area contributed by atoms with Gasteiger partial charge in [-0.05, 0) is 25.0 Å². The van der Waals surface area contributed by atoms with Gasteiger partial charge in [0.05, 0.1) is 13.7 Å². The number of aromatic nitrogens is 2. The van der Waals surface area contributed by atoms with Gasteiger partial charge >= 0.3 is 0 Å². The van der Waals surface area contributed by atoms with Crippen LogP contribution in [0.5, 0.6) is 5.75 Å². The van der Waals surface area contributed by atoms with Crippen LogP contribution in [0.25, 0.3) is 0 Å². The molecule has 1 aromatic carbocycles. The van der Waals surface area contributed by atoms with Gasteiger partial charge < -0.3 is 19.9 Å². The van der Waals surface area contributed by atoms with Crippen molar-refractivity contribution in [1.82, 2.24) is 20.8 Å². The molecule has 1 aromatic heterocycles. The molecule has 0 aliphatic carbocycles. The number of benzene rings is 1. The summed E-state index contributed by atoms with van der Waals surface area (Å²) in [5, 5.41) is 10.1. The van der Waals surface area contributed by atoms with Gasteiger partial charge in [-0.3, -0.25) is 4.99 Å². The van der Waals surface area contributed by atoms with Crippen LogP contribution in [0.15, 0.2) is 33.8 Å². The van der Waals surface area contributed by atoms with Crippen molar-refractivity contribution in [1.29, 1.82) is 0 Å². The van der Waals surface area contributed by atoms with E-state index in [1.54, 1.807) is 21.1 Å². The molecule has 0 bridgehead atoms. The first-order valence-corrected chi connectivity index (χ1v) is 7.08. The van der Waals surface area contributed by atoms with Crippen LogP contribution in [0.1, 0.15) is 17.3 Å². The fourth-order valence-electron chi connectivity index (χ4n) is 2.02. The van der Waals surface area contributed by atoms with Gasteiger partial charge in [-0.2, -0.15) is 4.98 Å². The number of guanidine groups is 1. The molecule has 0 unspecified atom stereocenters. The van der Waals surface area contributed by atoms with Gasteiger partial charge in [-0.1, -0.05) is 23.4 Å². The van der Waals surface area contributed by atoms with Crippen LogP contribution in [-0.4, -0.2) is 36.8 Å². The summed E-state index contributed by atoms with van der Waals surface area (Å²) in [5.74, 6) is 2.74. The zero-order valence-corrected chi connectivity index (χ0v) is 13.1. The summed E-state index contributed by atoms with van der Waals surface area (Å²) in [7, 11) is 3.40. The highest BCUT2D eigenvalue weighted by Gasteiger charge is 2.05. The van der Waals surface area contributed by atoms with E-state index in [0.29, 0.717) is 24.2 Å².